The van der Waals surface area contributed by atoms with E-state index >= 15 is 0 Å². The van der Waals surface area contributed by atoms with Crippen molar-refractivity contribution >= 4 is 27.3 Å². The first-order valence-corrected chi connectivity index (χ1v) is 12.8. The Bertz CT molecular complexity index is 776. The number of nitrogens with zero attached hydrogens (tertiary/aromatic N) is 2. The van der Waals surface area contributed by atoms with Crippen LogP contribution in [0.5, 0.6) is 0 Å². The molecule has 0 spiro atoms. The van der Waals surface area contributed by atoms with E-state index in [-0.39, 0.29) is 29.6 Å². The van der Waals surface area contributed by atoms with E-state index in [1.807, 2.05) is 42.5 Å². The second-order valence-corrected chi connectivity index (χ2v) is 9.89. The number of hydrogen-bond acceptors (Lipinski definition) is 3. The SMILES string of the molecule is Brc1ccccc1.CC(C)(C)[O-].CCCCC.CN(CN(C)c1ccccc1)c1ccccc1.[Na+]. The summed E-state index contributed by atoms with van der Waals surface area (Å²) in [5.41, 5.74) is 1.71. The fourth-order valence-electron chi connectivity index (χ4n) is 2.61. The molecule has 3 rings (SSSR count). The van der Waals surface area contributed by atoms with Crippen molar-refractivity contribution in [3.05, 3.63) is 95.5 Å². The van der Waals surface area contributed by atoms with Gasteiger partial charge in [-0.1, -0.05) is 124 Å². The Morgan fingerprint density at radius 2 is 0.943 bits per heavy atom. The minimum Gasteiger partial charge on any atom is -0.850 e. The number of anilines is 2. The van der Waals surface area contributed by atoms with E-state index in [2.05, 4.69) is 102 Å². The Morgan fingerprint density at radius 1 is 0.657 bits per heavy atom. The van der Waals surface area contributed by atoms with Gasteiger partial charge in [-0.05, 0) is 36.4 Å². The Hall–Kier alpha value is -1.30. The van der Waals surface area contributed by atoms with Crippen LogP contribution in [-0.4, -0.2) is 26.4 Å². The Labute approximate surface area is 246 Å². The van der Waals surface area contributed by atoms with Crippen molar-refractivity contribution in [1.29, 1.82) is 0 Å². The molecule has 3 nitrogen and oxygen atoms in total. The van der Waals surface area contributed by atoms with Crippen LogP contribution in [0.15, 0.2) is 95.5 Å². The molecule has 0 saturated heterocycles. The predicted molar refractivity (Wildman–Crippen MR) is 154 cm³/mol. The maximum atomic E-state index is 10.1. The fourth-order valence-corrected chi connectivity index (χ4v) is 2.92. The van der Waals surface area contributed by atoms with Crippen molar-refractivity contribution < 1.29 is 34.7 Å². The molecule has 0 aliphatic rings. The van der Waals surface area contributed by atoms with Gasteiger partial charge in [-0.15, -0.1) is 5.60 Å². The summed E-state index contributed by atoms with van der Waals surface area (Å²) in [6.07, 6.45) is 4.08. The first-order chi connectivity index (χ1) is 16.1. The van der Waals surface area contributed by atoms with E-state index in [1.54, 1.807) is 20.8 Å². The molecule has 0 aliphatic carbocycles. The van der Waals surface area contributed by atoms with Gasteiger partial charge in [0.15, 0.2) is 0 Å². The summed E-state index contributed by atoms with van der Waals surface area (Å²) in [7, 11) is 4.21. The molecule has 35 heavy (non-hydrogen) atoms. The molecule has 0 atom stereocenters. The van der Waals surface area contributed by atoms with E-state index in [0.29, 0.717) is 0 Å². The van der Waals surface area contributed by atoms with Gasteiger partial charge in [0.25, 0.3) is 0 Å². The third kappa shape index (κ3) is 22.9. The summed E-state index contributed by atoms with van der Waals surface area (Å²) < 4.78 is 1.13. The first-order valence-electron chi connectivity index (χ1n) is 12.0. The molecule has 0 heterocycles. The molecule has 0 radical (unpaired) electrons. The summed E-state index contributed by atoms with van der Waals surface area (Å²) in [6, 6.07) is 30.8. The molecule has 0 fully saturated rings. The number of halogens is 1. The summed E-state index contributed by atoms with van der Waals surface area (Å²) >= 11 is 3.31. The standard InChI is InChI=1S/C15H18N2.C6H5Br.C5H12.C4H9O.Na/c1-16(14-9-5-3-6-10-14)13-17(2)15-11-7-4-8-12-15;7-6-4-2-1-3-5-6;1-3-5-4-2;1-4(2,3)5;/h3-12H,13H2,1-2H3;1-5H;3-5H2,1-2H3;1-3H3;/q;;;-1;+1. The number of unbranched alkanes of at least 4 members (excludes halogenated alkanes) is 2. The molecule has 0 saturated carbocycles. The van der Waals surface area contributed by atoms with E-state index in [0.717, 1.165) is 11.1 Å². The Balaban J connectivity index is 0. The zero-order chi connectivity index (χ0) is 25.8. The van der Waals surface area contributed by atoms with Crippen LogP contribution in [0.4, 0.5) is 11.4 Å². The van der Waals surface area contributed by atoms with Gasteiger partial charge in [0.2, 0.25) is 0 Å². The van der Waals surface area contributed by atoms with Crippen LogP contribution in [-0.2, 0) is 0 Å². The van der Waals surface area contributed by atoms with Gasteiger partial charge in [-0.2, -0.15) is 0 Å². The minimum absolute atomic E-state index is 0. The van der Waals surface area contributed by atoms with Crippen LogP contribution >= 0.6 is 15.9 Å². The van der Waals surface area contributed by atoms with Crippen molar-refractivity contribution in [3.8, 4) is 0 Å². The molecule has 0 amide bonds. The van der Waals surface area contributed by atoms with E-state index in [1.165, 1.54) is 30.6 Å². The van der Waals surface area contributed by atoms with Crippen LogP contribution in [0.1, 0.15) is 53.9 Å². The van der Waals surface area contributed by atoms with Crippen LogP contribution in [0.2, 0.25) is 0 Å². The maximum Gasteiger partial charge on any atom is 1.00 e. The van der Waals surface area contributed by atoms with E-state index < -0.39 is 5.60 Å². The van der Waals surface area contributed by atoms with E-state index in [4.69, 9.17) is 0 Å². The zero-order valence-electron chi connectivity index (χ0n) is 23.2. The van der Waals surface area contributed by atoms with E-state index in [9.17, 15) is 5.11 Å². The van der Waals surface area contributed by atoms with Gasteiger partial charge in [0.1, 0.15) is 0 Å². The van der Waals surface area contributed by atoms with Crippen LogP contribution in [0.3, 0.4) is 0 Å². The average molecular weight is 552 g/mol. The van der Waals surface area contributed by atoms with Crippen molar-refractivity contribution in [2.24, 2.45) is 0 Å². The molecule has 5 heteroatoms. The molecule has 0 aliphatic heterocycles. The molecule has 0 unspecified atom stereocenters. The van der Waals surface area contributed by atoms with Gasteiger partial charge in [0, 0.05) is 29.9 Å². The molecule has 188 valence electrons. The van der Waals surface area contributed by atoms with Gasteiger partial charge < -0.3 is 14.9 Å². The van der Waals surface area contributed by atoms with Gasteiger partial charge in [-0.3, -0.25) is 0 Å². The molecular formula is C30H44BrN2NaO. The van der Waals surface area contributed by atoms with Crippen molar-refractivity contribution in [2.75, 3.05) is 30.6 Å². The summed E-state index contributed by atoms with van der Waals surface area (Å²) in [5, 5.41) is 10.1. The first kappa shape index (κ1) is 35.9. The number of benzene rings is 3. The number of hydrogen-bond donors (Lipinski definition) is 0. The van der Waals surface area contributed by atoms with Crippen LogP contribution in [0, 0.1) is 0 Å². The Morgan fingerprint density at radius 3 is 1.14 bits per heavy atom. The molecular weight excluding hydrogens is 507 g/mol. The average Bonchev–Trinajstić information content (AvgIpc) is 2.81. The largest absolute Gasteiger partial charge is 1.00 e. The zero-order valence-corrected chi connectivity index (χ0v) is 26.8. The molecule has 0 N–H and O–H groups in total. The predicted octanol–water partition coefficient (Wildman–Crippen LogP) is 5.01. The monoisotopic (exact) mass is 550 g/mol. The summed E-state index contributed by atoms with van der Waals surface area (Å²) in [6.45, 7) is 10.2. The summed E-state index contributed by atoms with van der Waals surface area (Å²) in [5.74, 6) is 0. The Kier molecular flexibility index (Phi) is 22.5. The van der Waals surface area contributed by atoms with Crippen molar-refractivity contribution in [3.63, 3.8) is 0 Å². The van der Waals surface area contributed by atoms with Crippen LogP contribution < -0.4 is 44.5 Å². The number of para-hydroxylation sites is 2. The fraction of sp³-hybridized carbons (Fsp3) is 0.400. The van der Waals surface area contributed by atoms with Gasteiger partial charge in [-0.25, -0.2) is 0 Å². The molecule has 3 aromatic rings. The topological polar surface area (TPSA) is 29.5 Å². The maximum absolute atomic E-state index is 10.1. The molecule has 0 bridgehead atoms. The second kappa shape index (κ2) is 21.9. The summed E-state index contributed by atoms with van der Waals surface area (Å²) in [4.78, 5) is 4.46. The second-order valence-electron chi connectivity index (χ2n) is 8.97. The smallest absolute Gasteiger partial charge is 0.850 e. The third-order valence-corrected chi connectivity index (χ3v) is 4.79. The molecule has 0 aromatic heterocycles. The third-order valence-electron chi connectivity index (χ3n) is 4.26. The van der Waals surface area contributed by atoms with Crippen molar-refractivity contribution in [1.82, 2.24) is 0 Å². The van der Waals surface area contributed by atoms with Crippen molar-refractivity contribution in [2.45, 2.75) is 59.5 Å². The number of rotatable bonds is 6. The minimum atomic E-state index is -0.750. The van der Waals surface area contributed by atoms with Gasteiger partial charge >= 0.3 is 29.6 Å². The van der Waals surface area contributed by atoms with Crippen LogP contribution in [0.25, 0.3) is 0 Å². The quantitative estimate of drug-likeness (QED) is 0.319. The molecule has 3 aromatic carbocycles. The normalized spacial score (nSPS) is 9.51. The van der Waals surface area contributed by atoms with Gasteiger partial charge in [0.05, 0.1) is 6.67 Å².